The molecule has 0 radical (unpaired) electrons. The number of anilines is 1. The van der Waals surface area contributed by atoms with E-state index in [0.29, 0.717) is 0 Å². The standard InChI is InChI=1S/C21H27N3O.C7H13NO/c1-4-12-24(13-5-2)21(25)17-8-6-16(7-9-17)18-10-11-19(15-22)20(14-18)23-3;1-6(9)7(8-2)4-3-5-7/h6-11,14-15,22-23H,4-5,12-13H2,1-3H3;8H,3-5H2,1-2H3. The van der Waals surface area contributed by atoms with E-state index in [9.17, 15) is 9.59 Å². The minimum Gasteiger partial charge on any atom is -0.388 e. The number of ketones is 1. The van der Waals surface area contributed by atoms with Crippen LogP contribution < -0.4 is 10.6 Å². The van der Waals surface area contributed by atoms with Crippen molar-refractivity contribution in [3.63, 3.8) is 0 Å². The molecule has 0 unspecified atom stereocenters. The number of nitrogens with zero attached hydrogens (tertiary/aromatic N) is 1. The number of hydrogen-bond donors (Lipinski definition) is 3. The second kappa shape index (κ2) is 13.0. The molecule has 184 valence electrons. The zero-order valence-electron chi connectivity index (χ0n) is 21.3. The first-order valence-corrected chi connectivity index (χ1v) is 12.3. The van der Waals surface area contributed by atoms with E-state index in [1.54, 1.807) is 6.92 Å². The van der Waals surface area contributed by atoms with Gasteiger partial charge in [0, 0.05) is 43.2 Å². The molecule has 3 rings (SSSR count). The normalized spacial score (nSPS) is 13.7. The molecule has 0 aromatic heterocycles. The minimum absolute atomic E-state index is 0.102. The largest absolute Gasteiger partial charge is 0.388 e. The first-order valence-electron chi connectivity index (χ1n) is 12.3. The molecule has 1 aliphatic carbocycles. The molecular formula is C28H40N4O2. The summed E-state index contributed by atoms with van der Waals surface area (Å²) in [5.74, 6) is 0.390. The van der Waals surface area contributed by atoms with Crippen molar-refractivity contribution in [3.05, 3.63) is 53.6 Å². The molecule has 0 atom stereocenters. The summed E-state index contributed by atoms with van der Waals surface area (Å²) < 4.78 is 0. The van der Waals surface area contributed by atoms with Crippen LogP contribution >= 0.6 is 0 Å². The molecule has 1 aliphatic rings. The Morgan fingerprint density at radius 3 is 1.97 bits per heavy atom. The average Bonchev–Trinajstić information content (AvgIpc) is 2.83. The zero-order valence-corrected chi connectivity index (χ0v) is 21.3. The summed E-state index contributed by atoms with van der Waals surface area (Å²) in [5, 5.41) is 13.6. The Morgan fingerprint density at radius 1 is 1.00 bits per heavy atom. The molecule has 1 saturated carbocycles. The number of hydrogen-bond acceptors (Lipinski definition) is 5. The van der Waals surface area contributed by atoms with Crippen LogP contribution in [-0.2, 0) is 4.79 Å². The minimum atomic E-state index is -0.125. The first kappa shape index (κ1) is 27.3. The molecule has 34 heavy (non-hydrogen) atoms. The van der Waals surface area contributed by atoms with Gasteiger partial charge in [-0.2, -0.15) is 0 Å². The van der Waals surface area contributed by atoms with Crippen molar-refractivity contribution < 1.29 is 9.59 Å². The van der Waals surface area contributed by atoms with Gasteiger partial charge in [0.05, 0.1) is 5.54 Å². The van der Waals surface area contributed by atoms with Gasteiger partial charge >= 0.3 is 0 Å². The first-order chi connectivity index (χ1) is 16.3. The molecule has 0 aliphatic heterocycles. The lowest BCUT2D eigenvalue weighted by atomic mass is 9.74. The van der Waals surface area contributed by atoms with E-state index in [-0.39, 0.29) is 17.2 Å². The number of carbonyl (C=O) groups excluding carboxylic acids is 2. The number of rotatable bonds is 10. The zero-order chi connectivity index (χ0) is 25.1. The summed E-state index contributed by atoms with van der Waals surface area (Å²) in [6, 6.07) is 13.7. The summed E-state index contributed by atoms with van der Waals surface area (Å²) in [4.78, 5) is 25.5. The van der Waals surface area contributed by atoms with E-state index in [1.807, 2.05) is 61.5 Å². The lowest BCUT2D eigenvalue weighted by Gasteiger charge is -2.39. The Labute approximate surface area is 204 Å². The molecule has 0 spiro atoms. The van der Waals surface area contributed by atoms with Crippen LogP contribution in [0.4, 0.5) is 5.69 Å². The SMILES string of the molecule is CCCN(CCC)C(=O)c1ccc(-c2ccc(C=N)c(NC)c2)cc1.CNC1(C(C)=O)CCC1. The van der Waals surface area contributed by atoms with Gasteiger partial charge in [-0.25, -0.2) is 0 Å². The van der Waals surface area contributed by atoms with Crippen LogP contribution in [-0.4, -0.2) is 55.5 Å². The fourth-order valence-corrected chi connectivity index (χ4v) is 4.23. The van der Waals surface area contributed by atoms with Gasteiger partial charge in [0.1, 0.15) is 5.78 Å². The number of amides is 1. The molecule has 6 nitrogen and oxygen atoms in total. The number of benzene rings is 2. The monoisotopic (exact) mass is 464 g/mol. The van der Waals surface area contributed by atoms with Crippen molar-refractivity contribution in [1.29, 1.82) is 5.41 Å². The maximum Gasteiger partial charge on any atom is 0.253 e. The smallest absolute Gasteiger partial charge is 0.253 e. The predicted molar refractivity (Wildman–Crippen MR) is 142 cm³/mol. The average molecular weight is 465 g/mol. The number of Topliss-reactive ketones (excluding diaryl/α,β-unsaturated/α-hetero) is 1. The molecule has 2 aromatic carbocycles. The van der Waals surface area contributed by atoms with E-state index >= 15 is 0 Å². The fraction of sp³-hybridized carbons (Fsp3) is 0.464. The van der Waals surface area contributed by atoms with Gasteiger partial charge in [0.2, 0.25) is 0 Å². The fourth-order valence-electron chi connectivity index (χ4n) is 4.23. The van der Waals surface area contributed by atoms with Gasteiger partial charge in [-0.1, -0.05) is 38.1 Å². The highest BCUT2D eigenvalue weighted by Crippen LogP contribution is 2.31. The Balaban J connectivity index is 0.000000379. The molecule has 1 amide bonds. The van der Waals surface area contributed by atoms with Crippen LogP contribution in [0.25, 0.3) is 11.1 Å². The second-order valence-corrected chi connectivity index (χ2v) is 8.81. The summed E-state index contributed by atoms with van der Waals surface area (Å²) in [6.07, 6.45) is 6.53. The molecular weight excluding hydrogens is 424 g/mol. The second-order valence-electron chi connectivity index (χ2n) is 8.81. The topological polar surface area (TPSA) is 85.3 Å². The van der Waals surface area contributed by atoms with Crippen LogP contribution in [0.5, 0.6) is 0 Å². The number of likely N-dealkylation sites (N-methyl/N-ethyl adjacent to an activating group) is 1. The molecule has 2 aromatic rings. The molecule has 1 fully saturated rings. The van der Waals surface area contributed by atoms with Crippen LogP contribution in [0.15, 0.2) is 42.5 Å². The lowest BCUT2D eigenvalue weighted by molar-refractivity contribution is -0.126. The van der Waals surface area contributed by atoms with E-state index in [4.69, 9.17) is 5.41 Å². The summed E-state index contributed by atoms with van der Waals surface area (Å²) in [5.41, 5.74) is 4.50. The number of carbonyl (C=O) groups is 2. The van der Waals surface area contributed by atoms with Crippen molar-refractivity contribution in [2.75, 3.05) is 32.5 Å². The van der Waals surface area contributed by atoms with Gasteiger partial charge in [0.25, 0.3) is 5.91 Å². The van der Waals surface area contributed by atoms with Gasteiger partial charge in [-0.3, -0.25) is 9.59 Å². The number of nitrogens with one attached hydrogen (secondary N) is 3. The maximum atomic E-state index is 12.6. The Kier molecular flexibility index (Phi) is 10.5. The van der Waals surface area contributed by atoms with Gasteiger partial charge in [-0.15, -0.1) is 0 Å². The third kappa shape index (κ3) is 6.54. The van der Waals surface area contributed by atoms with Crippen molar-refractivity contribution in [1.82, 2.24) is 10.2 Å². The van der Waals surface area contributed by atoms with Crippen LogP contribution in [0.1, 0.15) is 68.8 Å². The van der Waals surface area contributed by atoms with Gasteiger partial charge < -0.3 is 20.9 Å². The van der Waals surface area contributed by atoms with Crippen molar-refractivity contribution in [3.8, 4) is 11.1 Å². The summed E-state index contributed by atoms with van der Waals surface area (Å²) >= 11 is 0. The van der Waals surface area contributed by atoms with Gasteiger partial charge in [-0.05, 0) is 75.4 Å². The molecule has 0 heterocycles. The lowest BCUT2D eigenvalue weighted by Crippen LogP contribution is -2.54. The highest BCUT2D eigenvalue weighted by atomic mass is 16.2. The van der Waals surface area contributed by atoms with E-state index in [0.717, 1.165) is 66.7 Å². The third-order valence-corrected chi connectivity index (χ3v) is 6.58. The summed E-state index contributed by atoms with van der Waals surface area (Å²) in [7, 11) is 3.71. The Bertz CT molecular complexity index is 953. The van der Waals surface area contributed by atoms with E-state index in [1.165, 1.54) is 12.6 Å². The Hall–Kier alpha value is -2.99. The van der Waals surface area contributed by atoms with Crippen LogP contribution in [0.3, 0.4) is 0 Å². The third-order valence-electron chi connectivity index (χ3n) is 6.58. The summed E-state index contributed by atoms with van der Waals surface area (Å²) in [6.45, 7) is 7.44. The molecule has 3 N–H and O–H groups in total. The quantitative estimate of drug-likeness (QED) is 0.413. The van der Waals surface area contributed by atoms with Crippen LogP contribution in [0.2, 0.25) is 0 Å². The Morgan fingerprint density at radius 2 is 1.59 bits per heavy atom. The highest BCUT2D eigenvalue weighted by Gasteiger charge is 2.39. The van der Waals surface area contributed by atoms with Gasteiger partial charge in [0.15, 0.2) is 0 Å². The van der Waals surface area contributed by atoms with Crippen LogP contribution in [0, 0.1) is 5.41 Å². The molecule has 0 saturated heterocycles. The van der Waals surface area contributed by atoms with Crippen molar-refractivity contribution in [2.24, 2.45) is 0 Å². The van der Waals surface area contributed by atoms with Crippen molar-refractivity contribution in [2.45, 2.75) is 58.4 Å². The van der Waals surface area contributed by atoms with E-state index in [2.05, 4.69) is 24.5 Å². The van der Waals surface area contributed by atoms with Crippen molar-refractivity contribution >= 4 is 23.6 Å². The predicted octanol–water partition coefficient (Wildman–Crippen LogP) is 5.37. The maximum absolute atomic E-state index is 12.6. The highest BCUT2D eigenvalue weighted by molar-refractivity contribution is 5.95. The molecule has 0 bridgehead atoms. The molecule has 6 heteroatoms. The van der Waals surface area contributed by atoms with E-state index < -0.39 is 0 Å².